The number of halogens is 2. The van der Waals surface area contributed by atoms with Gasteiger partial charge in [-0.05, 0) is 68.3 Å². The van der Waals surface area contributed by atoms with E-state index in [1.165, 1.54) is 24.6 Å². The molecule has 3 aromatic rings. The summed E-state index contributed by atoms with van der Waals surface area (Å²) in [4.78, 5) is 17.7. The van der Waals surface area contributed by atoms with Crippen LogP contribution < -0.4 is 4.74 Å². The SMILES string of the molecule is O=C1C(=Cc2ccc(OCCN3CCCC3)c(-c3ccc(Cl)cc3Cl)c2)SC(=S)N1CCCc1nn[nH]n1. The molecule has 2 fully saturated rings. The average Bonchev–Trinajstić information content (AvgIpc) is 3.65. The van der Waals surface area contributed by atoms with Crippen LogP contribution in [0.15, 0.2) is 41.3 Å². The normalized spacial score (nSPS) is 17.2. The second-order valence-electron chi connectivity index (χ2n) is 9.04. The van der Waals surface area contributed by atoms with Crippen LogP contribution in [0.5, 0.6) is 5.75 Å². The Kier molecular flexibility index (Phi) is 8.96. The van der Waals surface area contributed by atoms with Gasteiger partial charge in [0.25, 0.3) is 5.91 Å². The molecule has 0 atom stereocenters. The van der Waals surface area contributed by atoms with Gasteiger partial charge in [-0.25, -0.2) is 0 Å². The monoisotopic (exact) mass is 588 g/mol. The van der Waals surface area contributed by atoms with E-state index in [1.807, 2.05) is 36.4 Å². The molecule has 1 N–H and O–H groups in total. The van der Waals surface area contributed by atoms with Gasteiger partial charge in [0.1, 0.15) is 16.7 Å². The standard InChI is InChI=1S/C26H26Cl2N6O2S2/c27-18-6-7-19(21(28)16-18)20-14-17(5-8-22(20)36-13-12-33-9-1-2-10-33)15-23-25(35)34(26(37)38-23)11-3-4-24-29-31-32-30-24/h5-8,14-16H,1-4,9-13H2,(H,29,30,31,32). The number of thiocarbonyl (C=S) groups is 1. The van der Waals surface area contributed by atoms with Crippen LogP contribution in [0.2, 0.25) is 10.0 Å². The molecule has 1 aromatic heterocycles. The fraction of sp³-hybridized carbons (Fsp3) is 0.346. The van der Waals surface area contributed by atoms with Crippen molar-refractivity contribution < 1.29 is 9.53 Å². The van der Waals surface area contributed by atoms with E-state index in [9.17, 15) is 4.79 Å². The van der Waals surface area contributed by atoms with E-state index in [-0.39, 0.29) is 5.91 Å². The van der Waals surface area contributed by atoms with E-state index in [1.54, 1.807) is 11.0 Å². The Morgan fingerprint density at radius 2 is 1.95 bits per heavy atom. The minimum Gasteiger partial charge on any atom is -0.492 e. The summed E-state index contributed by atoms with van der Waals surface area (Å²) >= 11 is 19.5. The van der Waals surface area contributed by atoms with Gasteiger partial charge in [0.05, 0.1) is 9.93 Å². The van der Waals surface area contributed by atoms with Gasteiger partial charge in [-0.3, -0.25) is 14.6 Å². The lowest BCUT2D eigenvalue weighted by Crippen LogP contribution is -2.29. The van der Waals surface area contributed by atoms with Crippen LogP contribution >= 0.6 is 47.2 Å². The minimum atomic E-state index is -0.106. The summed E-state index contributed by atoms with van der Waals surface area (Å²) in [6.07, 6.45) is 5.63. The molecule has 38 heavy (non-hydrogen) atoms. The number of aryl methyl sites for hydroxylation is 1. The lowest BCUT2D eigenvalue weighted by atomic mass is 10.0. The molecular weight excluding hydrogens is 563 g/mol. The fourth-order valence-electron chi connectivity index (χ4n) is 4.50. The third-order valence-electron chi connectivity index (χ3n) is 6.43. The van der Waals surface area contributed by atoms with Crippen LogP contribution in [-0.2, 0) is 11.2 Å². The molecule has 12 heteroatoms. The molecule has 3 heterocycles. The molecule has 0 bridgehead atoms. The largest absolute Gasteiger partial charge is 0.492 e. The number of rotatable bonds is 10. The maximum absolute atomic E-state index is 13.1. The van der Waals surface area contributed by atoms with Gasteiger partial charge >= 0.3 is 0 Å². The van der Waals surface area contributed by atoms with Crippen LogP contribution in [0.3, 0.4) is 0 Å². The molecule has 0 aliphatic carbocycles. The quantitative estimate of drug-likeness (QED) is 0.246. The number of thioether (sulfide) groups is 1. The van der Waals surface area contributed by atoms with Crippen molar-refractivity contribution in [3.8, 4) is 16.9 Å². The van der Waals surface area contributed by atoms with Crippen molar-refractivity contribution in [1.29, 1.82) is 0 Å². The molecule has 0 saturated carbocycles. The topological polar surface area (TPSA) is 87.2 Å². The van der Waals surface area contributed by atoms with E-state index in [0.29, 0.717) is 51.1 Å². The fourth-order valence-corrected chi connectivity index (χ4v) is 6.32. The van der Waals surface area contributed by atoms with Crippen molar-refractivity contribution in [2.45, 2.75) is 25.7 Å². The Morgan fingerprint density at radius 1 is 1.11 bits per heavy atom. The summed E-state index contributed by atoms with van der Waals surface area (Å²) in [6, 6.07) is 11.3. The predicted octanol–water partition coefficient (Wildman–Crippen LogP) is 5.48. The van der Waals surface area contributed by atoms with Crippen molar-refractivity contribution in [1.82, 2.24) is 30.4 Å². The number of amides is 1. The highest BCUT2D eigenvalue weighted by Crippen LogP contribution is 2.39. The van der Waals surface area contributed by atoms with Crippen molar-refractivity contribution in [2.75, 3.05) is 32.8 Å². The molecule has 5 rings (SSSR count). The number of hydrogen-bond acceptors (Lipinski definition) is 8. The summed E-state index contributed by atoms with van der Waals surface area (Å²) in [7, 11) is 0. The molecule has 8 nitrogen and oxygen atoms in total. The number of hydrogen-bond donors (Lipinski definition) is 1. The first-order chi connectivity index (χ1) is 18.5. The third-order valence-corrected chi connectivity index (χ3v) is 8.36. The van der Waals surface area contributed by atoms with Gasteiger partial charge in [-0.2, -0.15) is 5.21 Å². The Balaban J connectivity index is 1.34. The third kappa shape index (κ3) is 6.55. The van der Waals surface area contributed by atoms with E-state index in [4.69, 9.17) is 40.2 Å². The van der Waals surface area contributed by atoms with Gasteiger partial charge < -0.3 is 4.74 Å². The summed E-state index contributed by atoms with van der Waals surface area (Å²) in [5.41, 5.74) is 2.51. The molecule has 2 aliphatic heterocycles. The highest BCUT2D eigenvalue weighted by atomic mass is 35.5. The van der Waals surface area contributed by atoms with E-state index < -0.39 is 0 Å². The van der Waals surface area contributed by atoms with E-state index >= 15 is 0 Å². The molecular formula is C26H26Cl2N6O2S2. The number of H-pyrrole nitrogens is 1. The summed E-state index contributed by atoms with van der Waals surface area (Å²) < 4.78 is 6.76. The van der Waals surface area contributed by atoms with Crippen LogP contribution in [0.1, 0.15) is 30.7 Å². The maximum Gasteiger partial charge on any atom is 0.266 e. The van der Waals surface area contributed by atoms with Crippen LogP contribution in [-0.4, -0.2) is 73.4 Å². The molecule has 0 radical (unpaired) electrons. The highest BCUT2D eigenvalue weighted by Gasteiger charge is 2.31. The predicted molar refractivity (Wildman–Crippen MR) is 155 cm³/mol. The number of carbonyl (C=O) groups is 1. The average molecular weight is 590 g/mol. The van der Waals surface area contributed by atoms with Crippen LogP contribution in [0, 0.1) is 0 Å². The molecule has 2 aliphatic rings. The van der Waals surface area contributed by atoms with Gasteiger partial charge in [0, 0.05) is 35.7 Å². The van der Waals surface area contributed by atoms with Crippen molar-refractivity contribution in [2.24, 2.45) is 0 Å². The Hall–Kier alpha value is -2.50. The van der Waals surface area contributed by atoms with Crippen molar-refractivity contribution in [3.05, 3.63) is 62.7 Å². The van der Waals surface area contributed by atoms with Crippen molar-refractivity contribution >= 4 is 63.5 Å². The molecule has 2 aromatic carbocycles. The second kappa shape index (κ2) is 12.6. The van der Waals surface area contributed by atoms with Crippen LogP contribution in [0.25, 0.3) is 17.2 Å². The van der Waals surface area contributed by atoms with Crippen molar-refractivity contribution in [3.63, 3.8) is 0 Å². The second-order valence-corrected chi connectivity index (χ2v) is 11.6. The zero-order valence-corrected chi connectivity index (χ0v) is 23.7. The number of nitrogens with zero attached hydrogens (tertiary/aromatic N) is 5. The van der Waals surface area contributed by atoms with E-state index in [2.05, 4.69) is 25.5 Å². The smallest absolute Gasteiger partial charge is 0.266 e. The molecule has 0 unspecified atom stereocenters. The number of carbonyl (C=O) groups excluding carboxylic acids is 1. The highest BCUT2D eigenvalue weighted by molar-refractivity contribution is 8.26. The molecule has 1 amide bonds. The number of aromatic amines is 1. The maximum atomic E-state index is 13.1. The zero-order chi connectivity index (χ0) is 26.5. The first-order valence-electron chi connectivity index (χ1n) is 12.4. The Morgan fingerprint density at radius 3 is 2.71 bits per heavy atom. The van der Waals surface area contributed by atoms with E-state index in [0.717, 1.165) is 42.1 Å². The zero-order valence-electron chi connectivity index (χ0n) is 20.5. The number of tetrazole rings is 1. The van der Waals surface area contributed by atoms with Gasteiger partial charge in [-0.1, -0.05) is 64.5 Å². The van der Waals surface area contributed by atoms with Gasteiger partial charge in [0.15, 0.2) is 5.82 Å². The Bertz CT molecular complexity index is 1350. The lowest BCUT2D eigenvalue weighted by Gasteiger charge is -2.17. The minimum absolute atomic E-state index is 0.106. The summed E-state index contributed by atoms with van der Waals surface area (Å²) in [5.74, 6) is 1.24. The first-order valence-corrected chi connectivity index (χ1v) is 14.4. The Labute approximate surface area is 240 Å². The molecule has 0 spiro atoms. The molecule has 2 saturated heterocycles. The number of nitrogens with one attached hydrogen (secondary N) is 1. The number of aromatic nitrogens is 4. The first kappa shape index (κ1) is 27.1. The number of benzene rings is 2. The van der Waals surface area contributed by atoms with Gasteiger partial charge in [-0.15, -0.1) is 10.2 Å². The number of ether oxygens (including phenoxy) is 1. The molecule has 198 valence electrons. The lowest BCUT2D eigenvalue weighted by molar-refractivity contribution is -0.122. The summed E-state index contributed by atoms with van der Waals surface area (Å²) in [5, 5.41) is 15.0. The van der Waals surface area contributed by atoms with Gasteiger partial charge in [0.2, 0.25) is 0 Å². The number of likely N-dealkylation sites (tertiary alicyclic amines) is 1. The summed E-state index contributed by atoms with van der Waals surface area (Å²) in [6.45, 7) is 4.19. The van der Waals surface area contributed by atoms with Crippen LogP contribution in [0.4, 0.5) is 0 Å².